The maximum absolute atomic E-state index is 12.8. The molecule has 24 heavy (non-hydrogen) atoms. The standard InChI is InChI=1S/C18H21N5O/c19-18-5-9-3-10(6-18)14(11(4-9)7-18)23-15-12-1-2-20-16(12)21-8-13(15)22-17(23)24/h1-2,8-11,14H,3-7,19H2,(H,20,21)(H,22,24). The molecule has 0 radical (unpaired) electrons. The predicted octanol–water partition coefficient (Wildman–Crippen LogP) is 2.28. The molecule has 0 saturated heterocycles. The van der Waals surface area contributed by atoms with Crippen molar-refractivity contribution in [2.45, 2.75) is 43.7 Å². The Morgan fingerprint density at radius 2 is 2.04 bits per heavy atom. The van der Waals surface area contributed by atoms with Crippen molar-refractivity contribution in [3.8, 4) is 0 Å². The number of nitrogens with two attached hydrogens (primary N) is 1. The Kier molecular flexibility index (Phi) is 2.27. The van der Waals surface area contributed by atoms with Gasteiger partial charge in [-0.15, -0.1) is 0 Å². The first-order valence-electron chi connectivity index (χ1n) is 8.96. The fraction of sp³-hybridized carbons (Fsp3) is 0.556. The highest BCUT2D eigenvalue weighted by Gasteiger charge is 2.54. The van der Waals surface area contributed by atoms with Crippen molar-refractivity contribution in [2.75, 3.05) is 0 Å². The van der Waals surface area contributed by atoms with Crippen molar-refractivity contribution in [1.82, 2.24) is 19.5 Å². The van der Waals surface area contributed by atoms with E-state index in [1.165, 1.54) is 19.3 Å². The van der Waals surface area contributed by atoms with Gasteiger partial charge in [0.1, 0.15) is 5.65 Å². The van der Waals surface area contributed by atoms with Gasteiger partial charge < -0.3 is 15.7 Å². The minimum absolute atomic E-state index is 0.00375. The maximum Gasteiger partial charge on any atom is 0.326 e. The van der Waals surface area contributed by atoms with E-state index in [0.717, 1.165) is 40.8 Å². The minimum atomic E-state index is 0.00375. The van der Waals surface area contributed by atoms with E-state index in [-0.39, 0.29) is 17.3 Å². The number of rotatable bonds is 1. The van der Waals surface area contributed by atoms with Crippen molar-refractivity contribution in [2.24, 2.45) is 23.5 Å². The molecule has 0 aromatic carbocycles. The zero-order valence-electron chi connectivity index (χ0n) is 13.5. The SMILES string of the molecule is NC12CC3CC(C1)C(n1c(=O)[nH]c4cnc5[nH]ccc5c41)C(C3)C2. The molecule has 3 aromatic rings. The highest BCUT2D eigenvalue weighted by molar-refractivity contribution is 6.00. The lowest BCUT2D eigenvalue weighted by molar-refractivity contribution is -0.0438. The summed E-state index contributed by atoms with van der Waals surface area (Å²) in [6.45, 7) is 0. The van der Waals surface area contributed by atoms with Gasteiger partial charge >= 0.3 is 5.69 Å². The number of H-pyrrole nitrogens is 2. The molecule has 3 aromatic heterocycles. The third-order valence-corrected chi connectivity index (χ3v) is 6.83. The lowest BCUT2D eigenvalue weighted by Gasteiger charge is -2.58. The zero-order valence-corrected chi connectivity index (χ0v) is 13.5. The topological polar surface area (TPSA) is 92.5 Å². The number of hydrogen-bond acceptors (Lipinski definition) is 3. The van der Waals surface area contributed by atoms with Crippen LogP contribution in [0.25, 0.3) is 22.1 Å². The second-order valence-corrected chi connectivity index (χ2v) is 8.38. The van der Waals surface area contributed by atoms with Crippen LogP contribution in [0.4, 0.5) is 0 Å². The first-order chi connectivity index (χ1) is 11.6. The number of imidazole rings is 1. The summed E-state index contributed by atoms with van der Waals surface area (Å²) in [5.74, 6) is 1.82. The van der Waals surface area contributed by atoms with Crippen LogP contribution in [0.5, 0.6) is 0 Å². The average molecular weight is 323 g/mol. The molecule has 2 unspecified atom stereocenters. The number of fused-ring (bicyclic) bond motifs is 3. The summed E-state index contributed by atoms with van der Waals surface area (Å²) in [4.78, 5) is 23.4. The molecular formula is C18H21N5O. The fourth-order valence-corrected chi connectivity index (χ4v) is 6.39. The lowest BCUT2D eigenvalue weighted by Crippen LogP contribution is -2.60. The summed E-state index contributed by atoms with van der Waals surface area (Å²) in [6.07, 6.45) is 9.41. The monoisotopic (exact) mass is 323 g/mol. The fourth-order valence-electron chi connectivity index (χ4n) is 6.39. The van der Waals surface area contributed by atoms with E-state index >= 15 is 0 Å². The van der Waals surface area contributed by atoms with Gasteiger partial charge in [0.15, 0.2) is 0 Å². The van der Waals surface area contributed by atoms with E-state index in [2.05, 4.69) is 15.0 Å². The number of hydrogen-bond donors (Lipinski definition) is 3. The molecule has 0 spiro atoms. The summed E-state index contributed by atoms with van der Waals surface area (Å²) >= 11 is 0. The van der Waals surface area contributed by atoms with E-state index in [1.54, 1.807) is 6.20 Å². The molecule has 0 amide bonds. The van der Waals surface area contributed by atoms with Gasteiger partial charge in [0.2, 0.25) is 0 Å². The van der Waals surface area contributed by atoms with Gasteiger partial charge in [0.05, 0.1) is 17.2 Å². The summed E-state index contributed by atoms with van der Waals surface area (Å²) in [6, 6.07) is 2.30. The second kappa shape index (κ2) is 4.11. The number of nitrogens with zero attached hydrogens (tertiary/aromatic N) is 2. The maximum atomic E-state index is 12.8. The Morgan fingerprint density at radius 3 is 2.79 bits per heavy atom. The first-order valence-corrected chi connectivity index (χ1v) is 8.96. The Balaban J connectivity index is 1.61. The summed E-state index contributed by atoms with van der Waals surface area (Å²) in [7, 11) is 0. The Bertz CT molecular complexity index is 1010. The van der Waals surface area contributed by atoms with Crippen LogP contribution in [0, 0.1) is 17.8 Å². The molecule has 0 aliphatic heterocycles. The Hall–Kier alpha value is -2.08. The largest absolute Gasteiger partial charge is 0.346 e. The quantitative estimate of drug-likeness (QED) is 0.641. The minimum Gasteiger partial charge on any atom is -0.346 e. The lowest BCUT2D eigenvalue weighted by atomic mass is 9.51. The van der Waals surface area contributed by atoms with Crippen molar-refractivity contribution in [3.63, 3.8) is 0 Å². The van der Waals surface area contributed by atoms with E-state index in [9.17, 15) is 4.79 Å². The molecule has 4 N–H and O–H groups in total. The van der Waals surface area contributed by atoms with Crippen molar-refractivity contribution in [1.29, 1.82) is 0 Å². The van der Waals surface area contributed by atoms with E-state index in [1.807, 2.05) is 16.8 Å². The molecule has 124 valence electrons. The molecule has 7 rings (SSSR count). The van der Waals surface area contributed by atoms with Gasteiger partial charge in [-0.05, 0) is 55.9 Å². The number of aromatic amines is 2. The third-order valence-electron chi connectivity index (χ3n) is 6.83. The Morgan fingerprint density at radius 1 is 1.25 bits per heavy atom. The highest BCUT2D eigenvalue weighted by Crippen LogP contribution is 2.59. The van der Waals surface area contributed by atoms with Gasteiger partial charge in [0.25, 0.3) is 0 Å². The highest BCUT2D eigenvalue weighted by atomic mass is 16.1. The number of pyridine rings is 1. The van der Waals surface area contributed by atoms with Crippen molar-refractivity contribution < 1.29 is 0 Å². The smallest absolute Gasteiger partial charge is 0.326 e. The number of aromatic nitrogens is 4. The van der Waals surface area contributed by atoms with Gasteiger partial charge in [0, 0.05) is 23.2 Å². The normalized spacial score (nSPS) is 37.7. The van der Waals surface area contributed by atoms with Crippen LogP contribution >= 0.6 is 0 Å². The molecule has 4 aliphatic rings. The summed E-state index contributed by atoms with van der Waals surface area (Å²) in [5, 5.41) is 1.03. The van der Waals surface area contributed by atoms with Gasteiger partial charge in [-0.3, -0.25) is 4.57 Å². The predicted molar refractivity (Wildman–Crippen MR) is 91.7 cm³/mol. The van der Waals surface area contributed by atoms with Crippen LogP contribution in [0.2, 0.25) is 0 Å². The van der Waals surface area contributed by atoms with Crippen LogP contribution in [-0.4, -0.2) is 25.1 Å². The molecule has 4 bridgehead atoms. The summed E-state index contributed by atoms with van der Waals surface area (Å²) < 4.78 is 2.05. The average Bonchev–Trinajstić information content (AvgIpc) is 3.09. The van der Waals surface area contributed by atoms with E-state index in [0.29, 0.717) is 11.8 Å². The van der Waals surface area contributed by atoms with Crippen molar-refractivity contribution >= 4 is 22.1 Å². The molecule has 4 aliphatic carbocycles. The summed E-state index contributed by atoms with van der Waals surface area (Å²) in [5.41, 5.74) is 9.36. The number of nitrogens with one attached hydrogen (secondary N) is 2. The zero-order chi connectivity index (χ0) is 16.1. The van der Waals surface area contributed by atoms with Crippen LogP contribution < -0.4 is 11.4 Å². The Labute approximate surface area is 138 Å². The molecule has 4 saturated carbocycles. The van der Waals surface area contributed by atoms with Crippen LogP contribution in [0.3, 0.4) is 0 Å². The van der Waals surface area contributed by atoms with Gasteiger partial charge in [-0.2, -0.15) is 0 Å². The van der Waals surface area contributed by atoms with Crippen LogP contribution in [0.1, 0.15) is 38.1 Å². The van der Waals surface area contributed by atoms with E-state index < -0.39 is 0 Å². The van der Waals surface area contributed by atoms with Crippen LogP contribution in [-0.2, 0) is 0 Å². The molecular weight excluding hydrogens is 302 g/mol. The van der Waals surface area contributed by atoms with Crippen LogP contribution in [0.15, 0.2) is 23.3 Å². The van der Waals surface area contributed by atoms with Gasteiger partial charge in [-0.1, -0.05) is 0 Å². The molecule has 3 heterocycles. The second-order valence-electron chi connectivity index (χ2n) is 8.38. The third kappa shape index (κ3) is 1.55. The first kappa shape index (κ1) is 13.2. The molecule has 6 heteroatoms. The van der Waals surface area contributed by atoms with Crippen molar-refractivity contribution in [3.05, 3.63) is 28.9 Å². The molecule has 4 fully saturated rings. The van der Waals surface area contributed by atoms with E-state index in [4.69, 9.17) is 5.73 Å². The molecule has 2 atom stereocenters. The molecule has 6 nitrogen and oxygen atoms in total. The van der Waals surface area contributed by atoms with Gasteiger partial charge in [-0.25, -0.2) is 9.78 Å².